The Hall–Kier alpha value is -0.860. The molecule has 1 saturated heterocycles. The number of nitrogens with one attached hydrogen (secondary N) is 1. The molecule has 1 aromatic heterocycles. The minimum absolute atomic E-state index is 0.655. The molecule has 0 bridgehead atoms. The molecular formula is C10H9NS. The van der Waals surface area contributed by atoms with Gasteiger partial charge in [-0.2, -0.15) is 0 Å². The number of benzene rings is 1. The highest BCUT2D eigenvalue weighted by atomic mass is 32.1. The average molecular weight is 175 g/mol. The number of rotatable bonds is 1. The van der Waals surface area contributed by atoms with Crippen molar-refractivity contribution in [3.05, 3.63) is 35.2 Å². The smallest absolute Gasteiger partial charge is 0.0542 e. The maximum Gasteiger partial charge on any atom is 0.0542 e. The number of hydrogen-bond donors (Lipinski definition) is 1. The molecule has 0 spiro atoms. The lowest BCUT2D eigenvalue weighted by atomic mass is 10.2. The number of fused-ring (bicyclic) bond motifs is 1. The second-order valence-corrected chi connectivity index (χ2v) is 4.26. The monoisotopic (exact) mass is 175 g/mol. The standard InChI is InChI=1S/C10H9NS/c1-2-4-9-7(3-1)5-10(12-9)8-6-11-8/h1-5,8,11H,6H2/t8-/m1/s1. The molecule has 2 aromatic rings. The summed E-state index contributed by atoms with van der Waals surface area (Å²) in [6, 6.07) is 11.5. The van der Waals surface area contributed by atoms with Gasteiger partial charge >= 0.3 is 0 Å². The largest absolute Gasteiger partial charge is 0.306 e. The Bertz CT molecular complexity index is 381. The van der Waals surface area contributed by atoms with Gasteiger partial charge in [-0.25, -0.2) is 0 Å². The highest BCUT2D eigenvalue weighted by molar-refractivity contribution is 7.19. The van der Waals surface area contributed by atoms with Crippen LogP contribution in [-0.2, 0) is 0 Å². The van der Waals surface area contributed by atoms with Gasteiger partial charge < -0.3 is 5.32 Å². The van der Waals surface area contributed by atoms with E-state index >= 15 is 0 Å². The normalized spacial score (nSPS) is 21.5. The summed E-state index contributed by atoms with van der Waals surface area (Å²) in [5.74, 6) is 0. The minimum atomic E-state index is 0.655. The summed E-state index contributed by atoms with van der Waals surface area (Å²) >= 11 is 1.91. The molecule has 12 heavy (non-hydrogen) atoms. The fourth-order valence-corrected chi connectivity index (χ4v) is 2.57. The fraction of sp³-hybridized carbons (Fsp3) is 0.200. The first-order valence-electron chi connectivity index (χ1n) is 4.15. The summed E-state index contributed by atoms with van der Waals surface area (Å²) in [4.78, 5) is 1.48. The van der Waals surface area contributed by atoms with E-state index in [9.17, 15) is 0 Å². The van der Waals surface area contributed by atoms with E-state index in [1.807, 2.05) is 11.3 Å². The Morgan fingerprint density at radius 2 is 2.17 bits per heavy atom. The van der Waals surface area contributed by atoms with Gasteiger partial charge in [-0.05, 0) is 17.5 Å². The topological polar surface area (TPSA) is 21.9 Å². The molecule has 0 radical (unpaired) electrons. The molecule has 3 rings (SSSR count). The van der Waals surface area contributed by atoms with E-state index in [1.54, 1.807) is 0 Å². The van der Waals surface area contributed by atoms with E-state index in [0.717, 1.165) is 6.54 Å². The van der Waals surface area contributed by atoms with Crippen LogP contribution in [0.5, 0.6) is 0 Å². The van der Waals surface area contributed by atoms with Gasteiger partial charge in [0, 0.05) is 16.1 Å². The first kappa shape index (κ1) is 6.63. The van der Waals surface area contributed by atoms with Crippen LogP contribution in [0.4, 0.5) is 0 Å². The molecule has 2 heteroatoms. The van der Waals surface area contributed by atoms with Crippen molar-refractivity contribution >= 4 is 21.4 Å². The third-order valence-corrected chi connectivity index (χ3v) is 3.43. The molecule has 0 aliphatic carbocycles. The molecule has 1 aromatic carbocycles. The van der Waals surface area contributed by atoms with E-state index in [1.165, 1.54) is 15.0 Å². The molecule has 1 aliphatic heterocycles. The first-order valence-corrected chi connectivity index (χ1v) is 4.97. The molecule has 2 heterocycles. The Morgan fingerprint density at radius 1 is 1.33 bits per heavy atom. The zero-order chi connectivity index (χ0) is 7.97. The summed E-state index contributed by atoms with van der Waals surface area (Å²) in [7, 11) is 0. The molecule has 1 nitrogen and oxygen atoms in total. The van der Waals surface area contributed by atoms with Crippen molar-refractivity contribution in [1.29, 1.82) is 0 Å². The Kier molecular flexibility index (Phi) is 1.28. The van der Waals surface area contributed by atoms with Gasteiger partial charge in [0.05, 0.1) is 6.04 Å². The summed E-state index contributed by atoms with van der Waals surface area (Å²) < 4.78 is 1.40. The van der Waals surface area contributed by atoms with E-state index in [-0.39, 0.29) is 0 Å². The molecule has 1 atom stereocenters. The summed E-state index contributed by atoms with van der Waals surface area (Å²) in [5.41, 5.74) is 0. The SMILES string of the molecule is c1ccc2sc([C@H]3CN3)cc2c1. The molecule has 0 amide bonds. The molecular weight excluding hydrogens is 166 g/mol. The van der Waals surface area contributed by atoms with Crippen molar-refractivity contribution in [3.8, 4) is 0 Å². The van der Waals surface area contributed by atoms with Gasteiger partial charge in [0.25, 0.3) is 0 Å². The zero-order valence-electron chi connectivity index (χ0n) is 6.58. The van der Waals surface area contributed by atoms with Gasteiger partial charge in [0.15, 0.2) is 0 Å². The van der Waals surface area contributed by atoms with Crippen LogP contribution in [0.2, 0.25) is 0 Å². The molecule has 60 valence electrons. The molecule has 1 aliphatic rings. The van der Waals surface area contributed by atoms with Gasteiger partial charge in [-0.3, -0.25) is 0 Å². The highest BCUT2D eigenvalue weighted by Gasteiger charge is 2.23. The van der Waals surface area contributed by atoms with Crippen molar-refractivity contribution in [1.82, 2.24) is 5.32 Å². The fourth-order valence-electron chi connectivity index (χ4n) is 1.43. The van der Waals surface area contributed by atoms with Crippen molar-refractivity contribution in [2.24, 2.45) is 0 Å². The Morgan fingerprint density at radius 3 is 2.92 bits per heavy atom. The number of thiophene rings is 1. The Labute approximate surface area is 75.0 Å². The van der Waals surface area contributed by atoms with Crippen LogP contribution in [0.25, 0.3) is 10.1 Å². The van der Waals surface area contributed by atoms with Crippen LogP contribution in [0.15, 0.2) is 30.3 Å². The van der Waals surface area contributed by atoms with Crippen LogP contribution in [0.3, 0.4) is 0 Å². The first-order chi connectivity index (χ1) is 5.93. The Balaban J connectivity index is 2.23. The summed E-state index contributed by atoms with van der Waals surface area (Å²) in [6.45, 7) is 1.16. The molecule has 1 fully saturated rings. The third kappa shape index (κ3) is 0.958. The predicted octanol–water partition coefficient (Wildman–Crippen LogP) is 2.55. The van der Waals surface area contributed by atoms with Gasteiger partial charge in [0.2, 0.25) is 0 Å². The molecule has 1 N–H and O–H groups in total. The van der Waals surface area contributed by atoms with Crippen molar-refractivity contribution in [2.75, 3.05) is 6.54 Å². The van der Waals surface area contributed by atoms with Crippen molar-refractivity contribution in [2.45, 2.75) is 6.04 Å². The lowest BCUT2D eigenvalue weighted by molar-refractivity contribution is 1.12. The maximum atomic E-state index is 3.32. The maximum absolute atomic E-state index is 3.32. The van der Waals surface area contributed by atoms with E-state index in [0.29, 0.717) is 6.04 Å². The quantitative estimate of drug-likeness (QED) is 0.661. The summed E-state index contributed by atoms with van der Waals surface area (Å²) in [5, 5.41) is 4.70. The third-order valence-electron chi connectivity index (χ3n) is 2.20. The van der Waals surface area contributed by atoms with Crippen LogP contribution >= 0.6 is 11.3 Å². The van der Waals surface area contributed by atoms with Crippen LogP contribution in [-0.4, -0.2) is 6.54 Å². The van der Waals surface area contributed by atoms with Crippen LogP contribution < -0.4 is 5.32 Å². The number of hydrogen-bond acceptors (Lipinski definition) is 2. The van der Waals surface area contributed by atoms with Crippen LogP contribution in [0.1, 0.15) is 10.9 Å². The van der Waals surface area contributed by atoms with E-state index < -0.39 is 0 Å². The van der Waals surface area contributed by atoms with Gasteiger partial charge in [-0.1, -0.05) is 18.2 Å². The summed E-state index contributed by atoms with van der Waals surface area (Å²) in [6.07, 6.45) is 0. The van der Waals surface area contributed by atoms with E-state index in [2.05, 4.69) is 35.6 Å². The van der Waals surface area contributed by atoms with Crippen molar-refractivity contribution < 1.29 is 0 Å². The molecule has 0 unspecified atom stereocenters. The lowest BCUT2D eigenvalue weighted by Crippen LogP contribution is -1.74. The van der Waals surface area contributed by atoms with Gasteiger partial charge in [-0.15, -0.1) is 11.3 Å². The predicted molar refractivity (Wildman–Crippen MR) is 52.6 cm³/mol. The zero-order valence-corrected chi connectivity index (χ0v) is 7.40. The highest BCUT2D eigenvalue weighted by Crippen LogP contribution is 2.33. The lowest BCUT2D eigenvalue weighted by Gasteiger charge is -1.82. The van der Waals surface area contributed by atoms with Crippen LogP contribution in [0, 0.1) is 0 Å². The second kappa shape index (κ2) is 2.31. The van der Waals surface area contributed by atoms with Gasteiger partial charge in [0.1, 0.15) is 0 Å². The molecule has 0 saturated carbocycles. The second-order valence-electron chi connectivity index (χ2n) is 3.15. The van der Waals surface area contributed by atoms with E-state index in [4.69, 9.17) is 0 Å². The minimum Gasteiger partial charge on any atom is -0.306 e. The van der Waals surface area contributed by atoms with Crippen molar-refractivity contribution in [3.63, 3.8) is 0 Å². The average Bonchev–Trinajstić information content (AvgIpc) is 2.85.